The molecule has 0 unspecified atom stereocenters. The Hall–Kier alpha value is -1.85. The summed E-state index contributed by atoms with van der Waals surface area (Å²) in [5.41, 5.74) is 1.80. The summed E-state index contributed by atoms with van der Waals surface area (Å²) in [6, 6.07) is 17.4. The van der Waals surface area contributed by atoms with Crippen molar-refractivity contribution in [3.05, 3.63) is 69.5 Å². The molecule has 0 saturated carbocycles. The largest absolute Gasteiger partial charge is 0.300 e. The highest BCUT2D eigenvalue weighted by molar-refractivity contribution is 9.10. The molecule has 3 rings (SSSR count). The number of para-hydroxylation sites is 1. The fraction of sp³-hybridized carbons (Fsp3) is 0. The molecule has 0 atom stereocenters. The third kappa shape index (κ3) is 3.62. The number of carbonyl (C=O) groups is 1. The molecule has 0 aliphatic carbocycles. The molecule has 0 bridgehead atoms. The van der Waals surface area contributed by atoms with Crippen molar-refractivity contribution in [1.29, 1.82) is 0 Å². The van der Waals surface area contributed by atoms with Gasteiger partial charge in [0.05, 0.1) is 10.6 Å². The van der Waals surface area contributed by atoms with Gasteiger partial charge in [-0.2, -0.15) is 0 Å². The number of thioether (sulfide) groups is 1. The van der Waals surface area contributed by atoms with Crippen LogP contribution in [0.4, 0.5) is 5.69 Å². The van der Waals surface area contributed by atoms with Gasteiger partial charge < -0.3 is 5.32 Å². The van der Waals surface area contributed by atoms with Gasteiger partial charge in [-0.15, -0.1) is 0 Å². The van der Waals surface area contributed by atoms with Crippen LogP contribution < -0.4 is 5.32 Å². The fourth-order valence-corrected chi connectivity index (χ4v) is 3.11. The van der Waals surface area contributed by atoms with E-state index in [0.717, 1.165) is 15.7 Å². The molecule has 0 aromatic heterocycles. The number of nitrogens with zero attached hydrogens (tertiary/aromatic N) is 1. The summed E-state index contributed by atoms with van der Waals surface area (Å²) < 4.78 is 0.985. The highest BCUT2D eigenvalue weighted by Gasteiger charge is 2.23. The van der Waals surface area contributed by atoms with Gasteiger partial charge in [0.1, 0.15) is 0 Å². The van der Waals surface area contributed by atoms with Gasteiger partial charge in [0.15, 0.2) is 5.17 Å². The molecule has 1 heterocycles. The summed E-state index contributed by atoms with van der Waals surface area (Å²) in [4.78, 5) is 17.0. The molecule has 5 heteroatoms. The molecule has 1 saturated heterocycles. The second-order valence-electron chi connectivity index (χ2n) is 4.37. The van der Waals surface area contributed by atoms with Gasteiger partial charge in [0.2, 0.25) is 0 Å². The second kappa shape index (κ2) is 6.28. The minimum Gasteiger partial charge on any atom is -0.300 e. The van der Waals surface area contributed by atoms with Gasteiger partial charge in [0.25, 0.3) is 5.91 Å². The number of hydrogen-bond donors (Lipinski definition) is 1. The van der Waals surface area contributed by atoms with Gasteiger partial charge >= 0.3 is 0 Å². The Morgan fingerprint density at radius 1 is 1.10 bits per heavy atom. The molecular formula is C16H11BrN2OS. The Morgan fingerprint density at radius 2 is 1.90 bits per heavy atom. The second-order valence-corrected chi connectivity index (χ2v) is 6.32. The molecule has 0 radical (unpaired) electrons. The molecule has 3 nitrogen and oxygen atoms in total. The van der Waals surface area contributed by atoms with Crippen LogP contribution >= 0.6 is 27.7 Å². The van der Waals surface area contributed by atoms with Crippen LogP contribution in [0.3, 0.4) is 0 Å². The fourth-order valence-electron chi connectivity index (χ4n) is 1.85. The Kier molecular flexibility index (Phi) is 4.22. The van der Waals surface area contributed by atoms with Crippen molar-refractivity contribution in [3.8, 4) is 0 Å². The number of nitrogens with one attached hydrogen (secondary N) is 1. The van der Waals surface area contributed by atoms with E-state index in [1.165, 1.54) is 11.8 Å². The first kappa shape index (κ1) is 14.1. The average Bonchev–Trinajstić information content (AvgIpc) is 2.80. The molecule has 21 heavy (non-hydrogen) atoms. The van der Waals surface area contributed by atoms with E-state index < -0.39 is 0 Å². The van der Waals surface area contributed by atoms with E-state index >= 15 is 0 Å². The predicted octanol–water partition coefficient (Wildman–Crippen LogP) is 4.34. The number of rotatable bonds is 2. The average molecular weight is 359 g/mol. The monoisotopic (exact) mass is 358 g/mol. The predicted molar refractivity (Wildman–Crippen MR) is 91.4 cm³/mol. The lowest BCUT2D eigenvalue weighted by atomic mass is 10.2. The van der Waals surface area contributed by atoms with E-state index in [1.807, 2.05) is 60.7 Å². The topological polar surface area (TPSA) is 41.5 Å². The molecule has 1 amide bonds. The quantitative estimate of drug-likeness (QED) is 0.811. The van der Waals surface area contributed by atoms with E-state index in [4.69, 9.17) is 0 Å². The van der Waals surface area contributed by atoms with Crippen LogP contribution in [-0.4, -0.2) is 11.1 Å². The van der Waals surface area contributed by atoms with Gasteiger partial charge in [-0.05, 0) is 47.7 Å². The van der Waals surface area contributed by atoms with Crippen molar-refractivity contribution in [1.82, 2.24) is 5.32 Å². The molecule has 1 N–H and O–H groups in total. The summed E-state index contributed by atoms with van der Waals surface area (Å²) in [6.45, 7) is 0. The number of amidine groups is 1. The SMILES string of the molecule is O=C1NC(=Nc2ccccc2)SC1=Cc1cccc(Br)c1. The summed E-state index contributed by atoms with van der Waals surface area (Å²) >= 11 is 4.77. The molecule has 1 aliphatic rings. The molecule has 0 spiro atoms. The molecule has 1 aliphatic heterocycles. The summed E-state index contributed by atoms with van der Waals surface area (Å²) in [6.07, 6.45) is 1.86. The number of halogens is 1. The Balaban J connectivity index is 1.84. The van der Waals surface area contributed by atoms with E-state index in [0.29, 0.717) is 10.1 Å². The minimum absolute atomic E-state index is 0.116. The molecular weight excluding hydrogens is 348 g/mol. The Labute approximate surface area is 135 Å². The van der Waals surface area contributed by atoms with Crippen LogP contribution in [0.15, 0.2) is 69.0 Å². The van der Waals surface area contributed by atoms with Crippen molar-refractivity contribution in [3.63, 3.8) is 0 Å². The first-order valence-corrected chi connectivity index (χ1v) is 7.92. The van der Waals surface area contributed by atoms with E-state index in [1.54, 1.807) is 0 Å². The normalized spacial score (nSPS) is 18.2. The highest BCUT2D eigenvalue weighted by atomic mass is 79.9. The number of benzene rings is 2. The number of amides is 1. The molecule has 2 aromatic carbocycles. The van der Waals surface area contributed by atoms with Crippen molar-refractivity contribution >= 4 is 50.5 Å². The highest BCUT2D eigenvalue weighted by Crippen LogP contribution is 2.28. The van der Waals surface area contributed by atoms with E-state index in [9.17, 15) is 4.79 Å². The van der Waals surface area contributed by atoms with E-state index in [-0.39, 0.29) is 5.91 Å². The number of hydrogen-bond acceptors (Lipinski definition) is 3. The van der Waals surface area contributed by atoms with Crippen LogP contribution in [0.5, 0.6) is 0 Å². The Bertz CT molecular complexity index is 741. The molecule has 1 fully saturated rings. The third-order valence-corrected chi connectivity index (χ3v) is 4.19. The van der Waals surface area contributed by atoms with Crippen LogP contribution in [0.1, 0.15) is 5.56 Å². The van der Waals surface area contributed by atoms with Crippen molar-refractivity contribution < 1.29 is 4.79 Å². The van der Waals surface area contributed by atoms with Gasteiger partial charge in [-0.25, -0.2) is 4.99 Å². The maximum atomic E-state index is 12.0. The number of carbonyl (C=O) groups excluding carboxylic acids is 1. The van der Waals surface area contributed by atoms with Gasteiger partial charge in [-0.3, -0.25) is 4.79 Å². The summed E-state index contributed by atoms with van der Waals surface area (Å²) in [7, 11) is 0. The smallest absolute Gasteiger partial charge is 0.264 e. The van der Waals surface area contributed by atoms with Gasteiger partial charge in [0, 0.05) is 4.47 Å². The zero-order valence-electron chi connectivity index (χ0n) is 10.9. The van der Waals surface area contributed by atoms with Crippen LogP contribution in [0.2, 0.25) is 0 Å². The van der Waals surface area contributed by atoms with E-state index in [2.05, 4.69) is 26.2 Å². The molecule has 2 aromatic rings. The van der Waals surface area contributed by atoms with Crippen LogP contribution in [-0.2, 0) is 4.79 Å². The van der Waals surface area contributed by atoms with Crippen molar-refractivity contribution in [2.45, 2.75) is 0 Å². The Morgan fingerprint density at radius 3 is 2.67 bits per heavy atom. The first-order valence-electron chi connectivity index (χ1n) is 6.31. The zero-order chi connectivity index (χ0) is 14.7. The van der Waals surface area contributed by atoms with Crippen LogP contribution in [0, 0.1) is 0 Å². The van der Waals surface area contributed by atoms with Crippen molar-refractivity contribution in [2.75, 3.05) is 0 Å². The summed E-state index contributed by atoms with van der Waals surface area (Å²) in [5.74, 6) is -0.116. The van der Waals surface area contributed by atoms with Crippen LogP contribution in [0.25, 0.3) is 6.08 Å². The standard InChI is InChI=1S/C16H11BrN2OS/c17-12-6-4-5-11(9-12)10-14-15(20)19-16(21-14)18-13-7-2-1-3-8-13/h1-10H,(H,18,19,20). The maximum Gasteiger partial charge on any atom is 0.264 e. The lowest BCUT2D eigenvalue weighted by Crippen LogP contribution is -2.19. The number of aliphatic imine (C=N–C) groups is 1. The lowest BCUT2D eigenvalue weighted by Gasteiger charge is -1.96. The first-order chi connectivity index (χ1) is 10.2. The zero-order valence-corrected chi connectivity index (χ0v) is 13.3. The lowest BCUT2D eigenvalue weighted by molar-refractivity contribution is -0.115. The van der Waals surface area contributed by atoms with Crippen molar-refractivity contribution in [2.24, 2.45) is 4.99 Å². The third-order valence-electron chi connectivity index (χ3n) is 2.78. The van der Waals surface area contributed by atoms with Gasteiger partial charge in [-0.1, -0.05) is 46.3 Å². The maximum absolute atomic E-state index is 12.0. The minimum atomic E-state index is -0.116. The molecule has 104 valence electrons. The summed E-state index contributed by atoms with van der Waals surface area (Å²) in [5, 5.41) is 3.39.